The Bertz CT molecular complexity index is 976. The molecule has 0 saturated carbocycles. The van der Waals surface area contributed by atoms with Crippen molar-refractivity contribution in [1.29, 1.82) is 0 Å². The summed E-state index contributed by atoms with van der Waals surface area (Å²) in [6.07, 6.45) is 1.76. The zero-order chi connectivity index (χ0) is 23.8. The van der Waals surface area contributed by atoms with Crippen molar-refractivity contribution in [1.82, 2.24) is 20.9 Å². The number of nitrogens with one attached hydrogen (secondary N) is 4. The number of rotatable bonds is 11. The minimum atomic E-state index is -1.21. The number of carbonyl (C=O) groups excluding carboxylic acids is 3. The highest BCUT2D eigenvalue weighted by atomic mass is 32.1. The molecule has 0 fully saturated rings. The lowest BCUT2D eigenvalue weighted by Gasteiger charge is -2.25. The van der Waals surface area contributed by atoms with Crippen LogP contribution >= 0.6 is 12.6 Å². The van der Waals surface area contributed by atoms with Gasteiger partial charge in [0.1, 0.15) is 18.1 Å². The van der Waals surface area contributed by atoms with Gasteiger partial charge in [0, 0.05) is 29.3 Å². The van der Waals surface area contributed by atoms with Crippen LogP contribution in [0.4, 0.5) is 0 Å². The summed E-state index contributed by atoms with van der Waals surface area (Å²) in [6.45, 7) is 3.19. The number of aromatic amines is 1. The largest absolute Gasteiger partial charge is 0.480 e. The summed E-state index contributed by atoms with van der Waals surface area (Å²) in [6, 6.07) is 4.23. The van der Waals surface area contributed by atoms with Crippen molar-refractivity contribution in [2.75, 3.05) is 12.3 Å². The van der Waals surface area contributed by atoms with Gasteiger partial charge in [-0.05, 0) is 17.5 Å². The van der Waals surface area contributed by atoms with Crippen LogP contribution in [0.15, 0.2) is 30.5 Å². The Kier molecular flexibility index (Phi) is 9.09. The van der Waals surface area contributed by atoms with E-state index in [4.69, 9.17) is 5.73 Å². The van der Waals surface area contributed by atoms with E-state index >= 15 is 0 Å². The van der Waals surface area contributed by atoms with Gasteiger partial charge in [-0.3, -0.25) is 14.4 Å². The minimum Gasteiger partial charge on any atom is -0.480 e. The molecule has 2 rings (SSSR count). The Labute approximate surface area is 191 Å². The third kappa shape index (κ3) is 6.47. The summed E-state index contributed by atoms with van der Waals surface area (Å²) in [5, 5.41) is 18.0. The van der Waals surface area contributed by atoms with Gasteiger partial charge in [0.2, 0.25) is 17.7 Å². The first-order valence-electron chi connectivity index (χ1n) is 10.2. The lowest BCUT2D eigenvalue weighted by Crippen LogP contribution is -2.58. The summed E-state index contributed by atoms with van der Waals surface area (Å²) in [5.74, 6) is -3.30. The van der Waals surface area contributed by atoms with Crippen LogP contribution < -0.4 is 21.7 Å². The Morgan fingerprint density at radius 3 is 2.31 bits per heavy atom. The molecule has 0 radical (unpaired) electrons. The Hall–Kier alpha value is -3.05. The molecule has 174 valence electrons. The van der Waals surface area contributed by atoms with E-state index in [1.54, 1.807) is 20.0 Å². The van der Waals surface area contributed by atoms with Gasteiger partial charge in [-0.15, -0.1) is 0 Å². The molecule has 3 atom stereocenters. The first-order valence-corrected chi connectivity index (χ1v) is 10.8. The summed E-state index contributed by atoms with van der Waals surface area (Å²) < 4.78 is 0. The van der Waals surface area contributed by atoms with Crippen LogP contribution in [-0.2, 0) is 25.6 Å². The standard InChI is InChI=1S/C21H29N5O5S/c1-11(2)18(26-17(27)8-22)20(29)25-16(10-32)19(28)24-15(21(30)31)7-12-9-23-14-6-4-3-5-13(12)14/h3-6,9,11,15-16,18,23,32H,7-8,10,22H2,1-2H3,(H,24,28)(H,25,29)(H,26,27)(H,30,31). The molecule has 0 bridgehead atoms. The van der Waals surface area contributed by atoms with Crippen LogP contribution in [0.2, 0.25) is 0 Å². The van der Waals surface area contributed by atoms with Gasteiger partial charge in [-0.1, -0.05) is 32.0 Å². The Balaban J connectivity index is 2.09. The molecule has 0 aliphatic carbocycles. The first kappa shape index (κ1) is 25.2. The van der Waals surface area contributed by atoms with E-state index in [0.717, 1.165) is 16.5 Å². The van der Waals surface area contributed by atoms with Crippen LogP contribution in [0.5, 0.6) is 0 Å². The third-order valence-corrected chi connectivity index (χ3v) is 5.35. The van der Waals surface area contributed by atoms with Crippen LogP contribution in [0.3, 0.4) is 0 Å². The van der Waals surface area contributed by atoms with Crippen molar-refractivity contribution in [2.24, 2.45) is 11.7 Å². The second kappa shape index (κ2) is 11.5. The fraction of sp³-hybridized carbons (Fsp3) is 0.429. The number of para-hydroxylation sites is 1. The molecule has 11 heteroatoms. The van der Waals surface area contributed by atoms with E-state index in [1.807, 2.05) is 24.3 Å². The third-order valence-electron chi connectivity index (χ3n) is 4.98. The Morgan fingerprint density at radius 2 is 1.72 bits per heavy atom. The van der Waals surface area contributed by atoms with Gasteiger partial charge >= 0.3 is 5.97 Å². The van der Waals surface area contributed by atoms with E-state index in [2.05, 4.69) is 33.6 Å². The van der Waals surface area contributed by atoms with Crippen molar-refractivity contribution < 1.29 is 24.3 Å². The number of H-pyrrole nitrogens is 1. The summed E-state index contributed by atoms with van der Waals surface area (Å²) in [5.41, 5.74) is 6.89. The molecule has 1 heterocycles. The fourth-order valence-electron chi connectivity index (χ4n) is 3.22. The first-order chi connectivity index (χ1) is 15.2. The molecule has 2 aromatic rings. The molecule has 3 amide bonds. The summed E-state index contributed by atoms with van der Waals surface area (Å²) in [4.78, 5) is 51.8. The lowest BCUT2D eigenvalue weighted by molar-refractivity contribution is -0.142. The topological polar surface area (TPSA) is 166 Å². The molecule has 3 unspecified atom stereocenters. The van der Waals surface area contributed by atoms with E-state index < -0.39 is 41.8 Å². The number of hydrogen-bond acceptors (Lipinski definition) is 6. The predicted octanol–water partition coefficient (Wildman–Crippen LogP) is -0.206. The number of hydrogen-bond donors (Lipinski definition) is 7. The highest BCUT2D eigenvalue weighted by molar-refractivity contribution is 7.80. The molecule has 32 heavy (non-hydrogen) atoms. The van der Waals surface area contributed by atoms with Crippen LogP contribution in [0.1, 0.15) is 19.4 Å². The molecule has 7 N–H and O–H groups in total. The zero-order valence-electron chi connectivity index (χ0n) is 17.9. The molecule has 10 nitrogen and oxygen atoms in total. The number of fused-ring (bicyclic) bond motifs is 1. The number of amides is 3. The van der Waals surface area contributed by atoms with Crippen molar-refractivity contribution in [2.45, 2.75) is 38.4 Å². The highest BCUT2D eigenvalue weighted by Gasteiger charge is 2.30. The number of benzene rings is 1. The molecular weight excluding hydrogens is 434 g/mol. The van der Waals surface area contributed by atoms with Gasteiger partial charge in [0.05, 0.1) is 6.54 Å². The van der Waals surface area contributed by atoms with Gasteiger partial charge in [-0.25, -0.2) is 4.79 Å². The Morgan fingerprint density at radius 1 is 1.06 bits per heavy atom. The molecule has 1 aromatic carbocycles. The average Bonchev–Trinajstić information content (AvgIpc) is 3.17. The number of carboxylic acid groups (broad SMARTS) is 1. The molecule has 1 aromatic heterocycles. The molecule has 0 aliphatic heterocycles. The highest BCUT2D eigenvalue weighted by Crippen LogP contribution is 2.19. The van der Waals surface area contributed by atoms with Crippen LogP contribution in [-0.4, -0.2) is 64.2 Å². The fourth-order valence-corrected chi connectivity index (χ4v) is 3.47. The minimum absolute atomic E-state index is 0.0551. The van der Waals surface area contributed by atoms with Crippen molar-refractivity contribution in [3.63, 3.8) is 0 Å². The molecule has 0 saturated heterocycles. The van der Waals surface area contributed by atoms with Crippen molar-refractivity contribution in [3.8, 4) is 0 Å². The molecule has 0 spiro atoms. The monoisotopic (exact) mass is 463 g/mol. The van der Waals surface area contributed by atoms with E-state index in [0.29, 0.717) is 0 Å². The van der Waals surface area contributed by atoms with Crippen LogP contribution in [0.25, 0.3) is 10.9 Å². The van der Waals surface area contributed by atoms with E-state index in [-0.39, 0.29) is 24.6 Å². The SMILES string of the molecule is CC(C)C(NC(=O)CN)C(=O)NC(CS)C(=O)NC(Cc1c[nH]c2ccccc12)C(=O)O. The predicted molar refractivity (Wildman–Crippen MR) is 123 cm³/mol. The second-order valence-corrected chi connectivity index (χ2v) is 8.07. The average molecular weight is 464 g/mol. The maximum Gasteiger partial charge on any atom is 0.326 e. The van der Waals surface area contributed by atoms with Gasteiger partial charge in [-0.2, -0.15) is 12.6 Å². The van der Waals surface area contributed by atoms with E-state index in [1.165, 1.54) is 0 Å². The number of nitrogens with two attached hydrogens (primary N) is 1. The molecular formula is C21H29N5O5S. The zero-order valence-corrected chi connectivity index (χ0v) is 18.8. The smallest absolute Gasteiger partial charge is 0.326 e. The van der Waals surface area contributed by atoms with E-state index in [9.17, 15) is 24.3 Å². The number of carbonyl (C=O) groups is 4. The lowest BCUT2D eigenvalue weighted by atomic mass is 10.0. The maximum absolute atomic E-state index is 12.7. The summed E-state index contributed by atoms with van der Waals surface area (Å²) >= 11 is 4.11. The quantitative estimate of drug-likeness (QED) is 0.228. The normalized spacial score (nSPS) is 13.9. The van der Waals surface area contributed by atoms with Gasteiger partial charge in [0.25, 0.3) is 0 Å². The molecule has 0 aliphatic rings. The van der Waals surface area contributed by atoms with Gasteiger partial charge in [0.15, 0.2) is 0 Å². The number of aromatic nitrogens is 1. The summed E-state index contributed by atoms with van der Waals surface area (Å²) in [7, 11) is 0. The number of thiol groups is 1. The van der Waals surface area contributed by atoms with Crippen molar-refractivity contribution >= 4 is 47.2 Å². The number of aliphatic carboxylic acids is 1. The number of carboxylic acids is 1. The second-order valence-electron chi connectivity index (χ2n) is 7.70. The van der Waals surface area contributed by atoms with Crippen molar-refractivity contribution in [3.05, 3.63) is 36.0 Å². The maximum atomic E-state index is 12.7. The van der Waals surface area contributed by atoms with Gasteiger partial charge < -0.3 is 31.8 Å². The van der Waals surface area contributed by atoms with Crippen LogP contribution in [0, 0.1) is 5.92 Å².